The summed E-state index contributed by atoms with van der Waals surface area (Å²) < 4.78 is 47.6. The first-order valence-corrected chi connectivity index (χ1v) is 11.0. The lowest BCUT2D eigenvalue weighted by molar-refractivity contribution is -0.138. The number of nitrogens with zero attached hydrogens (tertiary/aromatic N) is 4. The average Bonchev–Trinajstić information content (AvgIpc) is 3.13. The molecule has 33 heavy (non-hydrogen) atoms. The second-order valence-corrected chi connectivity index (χ2v) is 8.19. The van der Waals surface area contributed by atoms with Crippen LogP contribution < -0.4 is 10.2 Å². The second-order valence-electron chi connectivity index (χ2n) is 8.19. The Labute approximate surface area is 190 Å². The first-order valence-electron chi connectivity index (χ1n) is 11.0. The van der Waals surface area contributed by atoms with Crippen molar-refractivity contribution >= 4 is 11.5 Å². The molecule has 0 spiro atoms. The van der Waals surface area contributed by atoms with Gasteiger partial charge >= 0.3 is 6.18 Å². The van der Waals surface area contributed by atoms with Crippen molar-refractivity contribution in [3.8, 4) is 0 Å². The van der Waals surface area contributed by atoms with Crippen molar-refractivity contribution in [1.82, 2.24) is 19.9 Å². The van der Waals surface area contributed by atoms with Crippen LogP contribution in [-0.4, -0.2) is 59.2 Å². The standard InChI is InChI=1S/C23H28F3N5O2/c1-15-12-21(30-7-10-33-11-8-30)29-31-20(19(28-22(15)31)14-27-6-9-32)13-17-4-3-5-18(16(17)2)23(24,25)26/h3-5,12,27,32H,6-11,13-14H2,1-2H3. The molecule has 0 bridgehead atoms. The maximum absolute atomic E-state index is 13.5. The van der Waals surface area contributed by atoms with Crippen LogP contribution in [-0.2, 0) is 23.9 Å². The molecule has 0 aliphatic carbocycles. The zero-order valence-corrected chi connectivity index (χ0v) is 18.7. The molecule has 3 aromatic rings. The molecule has 1 aliphatic heterocycles. The van der Waals surface area contributed by atoms with Crippen molar-refractivity contribution in [3.05, 3.63) is 57.9 Å². The number of rotatable bonds is 7. The van der Waals surface area contributed by atoms with E-state index >= 15 is 0 Å². The Morgan fingerprint density at radius 1 is 1.18 bits per heavy atom. The van der Waals surface area contributed by atoms with E-state index in [1.165, 1.54) is 13.0 Å². The molecule has 0 amide bonds. The molecule has 10 heteroatoms. The monoisotopic (exact) mass is 463 g/mol. The van der Waals surface area contributed by atoms with Gasteiger partial charge in [-0.3, -0.25) is 0 Å². The fourth-order valence-corrected chi connectivity index (χ4v) is 4.16. The molecule has 1 fully saturated rings. The van der Waals surface area contributed by atoms with Crippen LogP contribution in [0.15, 0.2) is 24.3 Å². The van der Waals surface area contributed by atoms with E-state index in [4.69, 9.17) is 19.9 Å². The number of benzene rings is 1. The molecule has 178 valence electrons. The molecule has 1 aromatic carbocycles. The van der Waals surface area contributed by atoms with Crippen molar-refractivity contribution in [1.29, 1.82) is 0 Å². The normalized spacial score (nSPS) is 14.9. The van der Waals surface area contributed by atoms with E-state index in [-0.39, 0.29) is 18.6 Å². The molecular formula is C23H28F3N5O2. The van der Waals surface area contributed by atoms with Gasteiger partial charge in [-0.25, -0.2) is 9.50 Å². The van der Waals surface area contributed by atoms with Crippen molar-refractivity contribution in [3.63, 3.8) is 0 Å². The lowest BCUT2D eigenvalue weighted by Gasteiger charge is -2.28. The fourth-order valence-electron chi connectivity index (χ4n) is 4.16. The summed E-state index contributed by atoms with van der Waals surface area (Å²) in [5.74, 6) is 0.789. The summed E-state index contributed by atoms with van der Waals surface area (Å²) in [4.78, 5) is 6.90. The van der Waals surface area contributed by atoms with Crippen LogP contribution >= 0.6 is 0 Å². The second kappa shape index (κ2) is 9.66. The lowest BCUT2D eigenvalue weighted by Crippen LogP contribution is -2.37. The number of nitrogens with one attached hydrogen (secondary N) is 1. The maximum Gasteiger partial charge on any atom is 0.416 e. The van der Waals surface area contributed by atoms with Gasteiger partial charge < -0.3 is 20.1 Å². The van der Waals surface area contributed by atoms with Crippen molar-refractivity contribution in [2.75, 3.05) is 44.4 Å². The highest BCUT2D eigenvalue weighted by molar-refractivity contribution is 5.56. The van der Waals surface area contributed by atoms with Crippen LogP contribution in [0.25, 0.3) is 5.65 Å². The quantitative estimate of drug-likeness (QED) is 0.525. The Hall–Kier alpha value is -2.69. The molecule has 0 saturated carbocycles. The van der Waals surface area contributed by atoms with Crippen molar-refractivity contribution in [2.24, 2.45) is 0 Å². The number of aliphatic hydroxyl groups is 1. The van der Waals surface area contributed by atoms with Gasteiger partial charge in [0.25, 0.3) is 0 Å². The minimum absolute atomic E-state index is 0.0199. The molecule has 4 rings (SSSR count). The predicted molar refractivity (Wildman–Crippen MR) is 119 cm³/mol. The Bertz CT molecular complexity index is 1120. The largest absolute Gasteiger partial charge is 0.416 e. The third kappa shape index (κ3) is 4.97. The molecule has 0 unspecified atom stereocenters. The van der Waals surface area contributed by atoms with Crippen LogP contribution in [0.5, 0.6) is 0 Å². The van der Waals surface area contributed by atoms with E-state index in [2.05, 4.69) is 10.2 Å². The summed E-state index contributed by atoms with van der Waals surface area (Å²) >= 11 is 0. The SMILES string of the molecule is Cc1c(Cc2c(CNCCO)nc3c(C)cc(N4CCOCC4)nn23)cccc1C(F)(F)F. The number of alkyl halides is 3. The lowest BCUT2D eigenvalue weighted by atomic mass is 9.98. The van der Waals surface area contributed by atoms with Gasteiger partial charge in [-0.05, 0) is 42.7 Å². The number of aryl methyl sites for hydroxylation is 1. The number of ether oxygens (including phenoxy) is 1. The van der Waals surface area contributed by atoms with Crippen LogP contribution in [0.4, 0.5) is 19.0 Å². The number of aromatic nitrogens is 3. The summed E-state index contributed by atoms with van der Waals surface area (Å²) in [7, 11) is 0. The van der Waals surface area contributed by atoms with E-state index in [1.807, 2.05) is 13.0 Å². The van der Waals surface area contributed by atoms with Gasteiger partial charge in [-0.1, -0.05) is 12.1 Å². The van der Waals surface area contributed by atoms with Gasteiger partial charge in [0.05, 0.1) is 36.8 Å². The number of hydrogen-bond acceptors (Lipinski definition) is 6. The number of anilines is 1. The number of morpholine rings is 1. The van der Waals surface area contributed by atoms with E-state index < -0.39 is 11.7 Å². The highest BCUT2D eigenvalue weighted by Crippen LogP contribution is 2.34. The van der Waals surface area contributed by atoms with Gasteiger partial charge in [-0.15, -0.1) is 5.10 Å². The Morgan fingerprint density at radius 2 is 1.94 bits per heavy atom. The average molecular weight is 464 g/mol. The first-order chi connectivity index (χ1) is 15.8. The molecule has 0 radical (unpaired) electrons. The highest BCUT2D eigenvalue weighted by Gasteiger charge is 2.33. The van der Waals surface area contributed by atoms with Gasteiger partial charge in [0.15, 0.2) is 5.65 Å². The summed E-state index contributed by atoms with van der Waals surface area (Å²) in [5.41, 5.74) is 3.19. The maximum atomic E-state index is 13.5. The van der Waals surface area contributed by atoms with E-state index in [9.17, 15) is 13.2 Å². The number of aliphatic hydroxyl groups excluding tert-OH is 1. The third-order valence-corrected chi connectivity index (χ3v) is 5.96. The smallest absolute Gasteiger partial charge is 0.395 e. The Morgan fingerprint density at radius 3 is 2.64 bits per heavy atom. The predicted octanol–water partition coefficient (Wildman–Crippen LogP) is 2.87. The summed E-state index contributed by atoms with van der Waals surface area (Å²) in [5, 5.41) is 17.1. The molecule has 1 aliphatic rings. The minimum Gasteiger partial charge on any atom is -0.395 e. The highest BCUT2D eigenvalue weighted by atomic mass is 19.4. The molecule has 2 aromatic heterocycles. The van der Waals surface area contributed by atoms with Gasteiger partial charge in [0.1, 0.15) is 5.82 Å². The minimum atomic E-state index is -4.41. The molecule has 2 N–H and O–H groups in total. The molecule has 0 atom stereocenters. The summed E-state index contributed by atoms with van der Waals surface area (Å²) in [6, 6.07) is 6.25. The third-order valence-electron chi connectivity index (χ3n) is 5.96. The molecular weight excluding hydrogens is 435 g/mol. The van der Waals surface area contributed by atoms with Crippen molar-refractivity contribution < 1.29 is 23.0 Å². The number of hydrogen-bond donors (Lipinski definition) is 2. The molecule has 3 heterocycles. The zero-order valence-electron chi connectivity index (χ0n) is 18.7. The Balaban J connectivity index is 1.80. The first kappa shape index (κ1) is 23.5. The van der Waals surface area contributed by atoms with Crippen LogP contribution in [0, 0.1) is 13.8 Å². The fraction of sp³-hybridized carbons (Fsp3) is 0.478. The summed E-state index contributed by atoms with van der Waals surface area (Å²) in [6.07, 6.45) is -4.16. The summed E-state index contributed by atoms with van der Waals surface area (Å²) in [6.45, 7) is 6.89. The Kier molecular flexibility index (Phi) is 6.87. The van der Waals surface area contributed by atoms with Gasteiger partial charge in [-0.2, -0.15) is 13.2 Å². The van der Waals surface area contributed by atoms with Crippen molar-refractivity contribution in [2.45, 2.75) is 33.0 Å². The van der Waals surface area contributed by atoms with Crippen LogP contribution in [0.1, 0.15) is 33.6 Å². The number of fused-ring (bicyclic) bond motifs is 1. The van der Waals surface area contributed by atoms with Crippen LogP contribution in [0.2, 0.25) is 0 Å². The number of halogens is 3. The number of imidazole rings is 1. The molecule has 7 nitrogen and oxygen atoms in total. The van der Waals surface area contributed by atoms with Gasteiger partial charge in [0.2, 0.25) is 0 Å². The van der Waals surface area contributed by atoms with E-state index in [0.29, 0.717) is 43.2 Å². The van der Waals surface area contributed by atoms with Crippen LogP contribution in [0.3, 0.4) is 0 Å². The topological polar surface area (TPSA) is 74.9 Å². The zero-order chi connectivity index (χ0) is 23.6. The van der Waals surface area contributed by atoms with E-state index in [1.54, 1.807) is 10.6 Å². The van der Waals surface area contributed by atoms with E-state index in [0.717, 1.165) is 36.2 Å². The van der Waals surface area contributed by atoms with Gasteiger partial charge in [0, 0.05) is 32.6 Å². The molecule has 1 saturated heterocycles.